The van der Waals surface area contributed by atoms with Crippen LogP contribution in [0.25, 0.3) is 0 Å². The Morgan fingerprint density at radius 3 is 2.44 bits per heavy atom. The van der Waals surface area contributed by atoms with Crippen LogP contribution in [0.1, 0.15) is 11.4 Å². The standard InChI is InChI=1S/C17H15Cl2N5S/c1-10-5-2-3-8-13(10)21-17-23-14(22-16(20)24-17)9-25-15-11(18)6-4-7-12(15)19/h2-8H,9H2,1H3,(H3,20,21,22,23,24). The van der Waals surface area contributed by atoms with Crippen molar-refractivity contribution in [1.82, 2.24) is 15.0 Å². The van der Waals surface area contributed by atoms with Crippen LogP contribution in [0.2, 0.25) is 10.0 Å². The average Bonchev–Trinajstić information content (AvgIpc) is 2.56. The third-order valence-electron chi connectivity index (χ3n) is 3.36. The molecule has 1 heterocycles. The van der Waals surface area contributed by atoms with Gasteiger partial charge in [-0.15, -0.1) is 11.8 Å². The summed E-state index contributed by atoms with van der Waals surface area (Å²) >= 11 is 13.8. The van der Waals surface area contributed by atoms with Crippen molar-refractivity contribution >= 4 is 52.5 Å². The second kappa shape index (κ2) is 7.91. The summed E-state index contributed by atoms with van der Waals surface area (Å²) in [5.74, 6) is 1.58. The summed E-state index contributed by atoms with van der Waals surface area (Å²) in [5.41, 5.74) is 7.82. The Balaban J connectivity index is 1.79. The predicted molar refractivity (Wildman–Crippen MR) is 105 cm³/mol. The maximum absolute atomic E-state index is 6.19. The van der Waals surface area contributed by atoms with Crippen LogP contribution >= 0.6 is 35.0 Å². The van der Waals surface area contributed by atoms with Crippen LogP contribution < -0.4 is 11.1 Å². The number of hydrogen-bond donors (Lipinski definition) is 2. The molecule has 0 saturated heterocycles. The SMILES string of the molecule is Cc1ccccc1Nc1nc(N)nc(CSc2c(Cl)cccc2Cl)n1. The van der Waals surface area contributed by atoms with Crippen molar-refractivity contribution in [2.75, 3.05) is 11.1 Å². The van der Waals surface area contributed by atoms with Crippen molar-refractivity contribution in [3.63, 3.8) is 0 Å². The first-order valence-corrected chi connectivity index (χ1v) is 9.17. The zero-order chi connectivity index (χ0) is 17.8. The number of halogens is 2. The fourth-order valence-corrected chi connectivity index (χ4v) is 3.69. The molecule has 8 heteroatoms. The number of nitrogen functional groups attached to an aromatic ring is 1. The smallest absolute Gasteiger partial charge is 0.232 e. The van der Waals surface area contributed by atoms with Crippen LogP contribution in [-0.4, -0.2) is 15.0 Å². The molecule has 0 radical (unpaired) electrons. The number of rotatable bonds is 5. The van der Waals surface area contributed by atoms with Crippen molar-refractivity contribution in [1.29, 1.82) is 0 Å². The van der Waals surface area contributed by atoms with Crippen LogP contribution in [0.15, 0.2) is 47.4 Å². The van der Waals surface area contributed by atoms with Gasteiger partial charge in [-0.1, -0.05) is 47.5 Å². The maximum atomic E-state index is 6.19. The lowest BCUT2D eigenvalue weighted by Crippen LogP contribution is -2.07. The van der Waals surface area contributed by atoms with E-state index in [1.165, 1.54) is 11.8 Å². The minimum atomic E-state index is 0.159. The highest BCUT2D eigenvalue weighted by atomic mass is 35.5. The second-order valence-electron chi connectivity index (χ2n) is 5.21. The molecule has 3 N–H and O–H groups in total. The summed E-state index contributed by atoms with van der Waals surface area (Å²) < 4.78 is 0. The molecule has 0 unspecified atom stereocenters. The Hall–Kier alpha value is -2.02. The van der Waals surface area contributed by atoms with Gasteiger partial charge in [-0.3, -0.25) is 0 Å². The lowest BCUT2D eigenvalue weighted by atomic mass is 10.2. The lowest BCUT2D eigenvalue weighted by Gasteiger charge is -2.10. The fourth-order valence-electron chi connectivity index (χ4n) is 2.15. The maximum Gasteiger partial charge on any atom is 0.232 e. The summed E-state index contributed by atoms with van der Waals surface area (Å²) in [6, 6.07) is 13.3. The van der Waals surface area contributed by atoms with Crippen LogP contribution in [0.4, 0.5) is 17.6 Å². The van der Waals surface area contributed by atoms with E-state index in [0.29, 0.717) is 27.6 Å². The summed E-state index contributed by atoms with van der Waals surface area (Å²) in [5, 5.41) is 4.36. The van der Waals surface area contributed by atoms with Gasteiger partial charge in [0.2, 0.25) is 11.9 Å². The summed E-state index contributed by atoms with van der Waals surface area (Å²) in [7, 11) is 0. The molecular formula is C17H15Cl2N5S. The molecule has 0 aliphatic carbocycles. The molecule has 0 fully saturated rings. The first-order valence-electron chi connectivity index (χ1n) is 7.43. The van der Waals surface area contributed by atoms with Gasteiger partial charge in [0, 0.05) is 10.6 Å². The minimum absolute atomic E-state index is 0.159. The molecule has 0 spiro atoms. The number of hydrogen-bond acceptors (Lipinski definition) is 6. The number of nitrogens with two attached hydrogens (primary N) is 1. The fraction of sp³-hybridized carbons (Fsp3) is 0.118. The van der Waals surface area contributed by atoms with Gasteiger partial charge in [0.15, 0.2) is 0 Å². The van der Waals surface area contributed by atoms with E-state index in [9.17, 15) is 0 Å². The lowest BCUT2D eigenvalue weighted by molar-refractivity contribution is 0.981. The van der Waals surface area contributed by atoms with Gasteiger partial charge in [-0.2, -0.15) is 15.0 Å². The zero-order valence-corrected chi connectivity index (χ0v) is 15.7. The number of nitrogens with one attached hydrogen (secondary N) is 1. The van der Waals surface area contributed by atoms with E-state index in [1.807, 2.05) is 31.2 Å². The Bertz CT molecular complexity index is 884. The molecule has 0 atom stereocenters. The van der Waals surface area contributed by atoms with Gasteiger partial charge < -0.3 is 11.1 Å². The van der Waals surface area contributed by atoms with E-state index < -0.39 is 0 Å². The molecule has 2 aromatic carbocycles. The van der Waals surface area contributed by atoms with Crippen LogP contribution in [0.5, 0.6) is 0 Å². The quantitative estimate of drug-likeness (QED) is 0.588. The van der Waals surface area contributed by atoms with E-state index in [4.69, 9.17) is 28.9 Å². The van der Waals surface area contributed by atoms with E-state index in [2.05, 4.69) is 20.3 Å². The van der Waals surface area contributed by atoms with Crippen molar-refractivity contribution in [2.45, 2.75) is 17.6 Å². The Morgan fingerprint density at radius 2 is 1.72 bits per heavy atom. The van der Waals surface area contributed by atoms with Crippen molar-refractivity contribution < 1.29 is 0 Å². The van der Waals surface area contributed by atoms with Crippen molar-refractivity contribution in [3.05, 3.63) is 63.9 Å². The molecule has 0 saturated carbocycles. The van der Waals surface area contributed by atoms with Crippen LogP contribution in [-0.2, 0) is 5.75 Å². The number of nitrogens with zero attached hydrogens (tertiary/aromatic N) is 3. The Kier molecular flexibility index (Phi) is 5.63. The minimum Gasteiger partial charge on any atom is -0.368 e. The van der Waals surface area contributed by atoms with Gasteiger partial charge >= 0.3 is 0 Å². The van der Waals surface area contributed by atoms with Crippen LogP contribution in [0, 0.1) is 6.92 Å². The third kappa shape index (κ3) is 4.54. The highest BCUT2D eigenvalue weighted by molar-refractivity contribution is 7.98. The van der Waals surface area contributed by atoms with Gasteiger partial charge in [0.05, 0.1) is 15.8 Å². The molecular weight excluding hydrogens is 377 g/mol. The average molecular weight is 392 g/mol. The van der Waals surface area contributed by atoms with Crippen molar-refractivity contribution in [2.24, 2.45) is 0 Å². The van der Waals surface area contributed by atoms with E-state index in [1.54, 1.807) is 18.2 Å². The monoisotopic (exact) mass is 391 g/mol. The van der Waals surface area contributed by atoms with E-state index >= 15 is 0 Å². The number of thioether (sulfide) groups is 1. The Labute approximate surface area is 160 Å². The third-order valence-corrected chi connectivity index (χ3v) is 5.34. The van der Waals surface area contributed by atoms with Crippen LogP contribution in [0.3, 0.4) is 0 Å². The first-order chi connectivity index (χ1) is 12.0. The molecule has 128 valence electrons. The normalized spacial score (nSPS) is 10.7. The molecule has 25 heavy (non-hydrogen) atoms. The van der Waals surface area contributed by atoms with E-state index in [-0.39, 0.29) is 5.95 Å². The number of aromatic nitrogens is 3. The van der Waals surface area contributed by atoms with Gasteiger partial charge in [0.1, 0.15) is 5.82 Å². The molecule has 1 aromatic heterocycles. The number of para-hydroxylation sites is 1. The summed E-state index contributed by atoms with van der Waals surface area (Å²) in [4.78, 5) is 13.5. The molecule has 0 bridgehead atoms. The van der Waals surface area contributed by atoms with Gasteiger partial charge in [-0.05, 0) is 30.7 Å². The molecule has 0 aliphatic heterocycles. The Morgan fingerprint density at radius 1 is 1.00 bits per heavy atom. The summed E-state index contributed by atoms with van der Waals surface area (Å²) in [6.45, 7) is 2.00. The van der Waals surface area contributed by atoms with Crippen molar-refractivity contribution in [3.8, 4) is 0 Å². The summed E-state index contributed by atoms with van der Waals surface area (Å²) in [6.07, 6.45) is 0. The predicted octanol–water partition coefficient (Wildman–Crippen LogP) is 5.10. The number of aryl methyl sites for hydroxylation is 1. The molecule has 5 nitrogen and oxygen atoms in total. The second-order valence-corrected chi connectivity index (χ2v) is 7.01. The number of anilines is 3. The van der Waals surface area contributed by atoms with Gasteiger partial charge in [0.25, 0.3) is 0 Å². The molecule has 0 aliphatic rings. The first kappa shape index (κ1) is 17.8. The highest BCUT2D eigenvalue weighted by Gasteiger charge is 2.10. The van der Waals surface area contributed by atoms with Gasteiger partial charge in [-0.25, -0.2) is 0 Å². The topological polar surface area (TPSA) is 76.7 Å². The zero-order valence-electron chi connectivity index (χ0n) is 13.3. The largest absolute Gasteiger partial charge is 0.368 e. The van der Waals surface area contributed by atoms with E-state index in [0.717, 1.165) is 16.1 Å². The molecule has 3 aromatic rings. The molecule has 0 amide bonds. The molecule has 3 rings (SSSR count). The number of benzene rings is 2. The highest BCUT2D eigenvalue weighted by Crippen LogP contribution is 2.35.